The van der Waals surface area contributed by atoms with E-state index < -0.39 is 6.10 Å². The SMILES string of the molecule is C/C=C\CCCCCCCC(=O)OCC(COC(=O)CCCCCCC/C=C/C)OC(=O)CCCCCCCCN. The van der Waals surface area contributed by atoms with Gasteiger partial charge in [0.2, 0.25) is 0 Å². The van der Waals surface area contributed by atoms with Crippen LogP contribution in [0.4, 0.5) is 0 Å². The van der Waals surface area contributed by atoms with E-state index in [4.69, 9.17) is 19.9 Å². The highest BCUT2D eigenvalue weighted by atomic mass is 16.6. The van der Waals surface area contributed by atoms with Crippen LogP contribution in [0.15, 0.2) is 24.3 Å². The Morgan fingerprint density at radius 2 is 0.902 bits per heavy atom. The van der Waals surface area contributed by atoms with Crippen molar-refractivity contribution in [2.24, 2.45) is 5.73 Å². The predicted octanol–water partition coefficient (Wildman–Crippen LogP) is 8.29. The average Bonchev–Trinajstić information content (AvgIpc) is 2.96. The third kappa shape index (κ3) is 29.2. The molecule has 0 amide bonds. The second kappa shape index (κ2) is 30.8. The van der Waals surface area contributed by atoms with Gasteiger partial charge in [-0.1, -0.05) is 88.5 Å². The molecule has 0 saturated carbocycles. The van der Waals surface area contributed by atoms with Crippen LogP contribution in [-0.2, 0) is 28.6 Å². The number of nitrogens with two attached hydrogens (primary N) is 1. The lowest BCUT2D eigenvalue weighted by atomic mass is 10.1. The molecule has 0 heterocycles. The predicted molar refractivity (Wildman–Crippen MR) is 167 cm³/mol. The number of allylic oxidation sites excluding steroid dienone is 4. The first kappa shape index (κ1) is 38.9. The molecule has 0 aromatic rings. The molecule has 0 aliphatic carbocycles. The zero-order valence-corrected chi connectivity index (χ0v) is 26.4. The van der Waals surface area contributed by atoms with E-state index in [1.807, 2.05) is 13.8 Å². The molecular formula is C34H61NO6. The van der Waals surface area contributed by atoms with Gasteiger partial charge in [-0.3, -0.25) is 14.4 Å². The van der Waals surface area contributed by atoms with Gasteiger partial charge < -0.3 is 19.9 Å². The van der Waals surface area contributed by atoms with Crippen LogP contribution in [-0.4, -0.2) is 43.8 Å². The van der Waals surface area contributed by atoms with Gasteiger partial charge in [-0.25, -0.2) is 0 Å². The maximum atomic E-state index is 12.4. The minimum Gasteiger partial charge on any atom is -0.462 e. The normalized spacial score (nSPS) is 12.2. The highest BCUT2D eigenvalue weighted by molar-refractivity contribution is 5.71. The molecule has 0 aliphatic heterocycles. The molecule has 0 rings (SSSR count). The zero-order valence-electron chi connectivity index (χ0n) is 26.4. The number of rotatable bonds is 29. The van der Waals surface area contributed by atoms with Gasteiger partial charge in [0.25, 0.3) is 0 Å². The Morgan fingerprint density at radius 1 is 0.537 bits per heavy atom. The summed E-state index contributed by atoms with van der Waals surface area (Å²) in [5, 5.41) is 0. The van der Waals surface area contributed by atoms with E-state index in [9.17, 15) is 14.4 Å². The monoisotopic (exact) mass is 579 g/mol. The molecule has 1 atom stereocenters. The lowest BCUT2D eigenvalue weighted by Gasteiger charge is -2.18. The molecular weight excluding hydrogens is 518 g/mol. The molecule has 1 unspecified atom stereocenters. The molecule has 2 N–H and O–H groups in total. The molecule has 0 aromatic carbocycles. The first-order valence-electron chi connectivity index (χ1n) is 16.5. The van der Waals surface area contributed by atoms with Crippen molar-refractivity contribution in [2.45, 2.75) is 155 Å². The van der Waals surface area contributed by atoms with Crippen LogP contribution in [0.2, 0.25) is 0 Å². The molecule has 0 bridgehead atoms. The number of hydrogen-bond donors (Lipinski definition) is 1. The van der Waals surface area contributed by atoms with Gasteiger partial charge in [0.1, 0.15) is 13.2 Å². The topological polar surface area (TPSA) is 105 Å². The minimum atomic E-state index is -0.779. The van der Waals surface area contributed by atoms with Crippen LogP contribution < -0.4 is 5.73 Å². The summed E-state index contributed by atoms with van der Waals surface area (Å²) >= 11 is 0. The first-order valence-corrected chi connectivity index (χ1v) is 16.5. The van der Waals surface area contributed by atoms with Crippen LogP contribution in [0.3, 0.4) is 0 Å². The number of ether oxygens (including phenoxy) is 3. The molecule has 0 aliphatic rings. The average molecular weight is 580 g/mol. The third-order valence-corrected chi connectivity index (χ3v) is 6.97. The van der Waals surface area contributed by atoms with E-state index in [0.29, 0.717) is 19.3 Å². The van der Waals surface area contributed by atoms with Gasteiger partial charge in [-0.2, -0.15) is 0 Å². The quantitative estimate of drug-likeness (QED) is 0.0411. The Bertz CT molecular complexity index is 649. The van der Waals surface area contributed by atoms with E-state index in [1.54, 1.807) is 0 Å². The fraction of sp³-hybridized carbons (Fsp3) is 0.794. The molecule has 41 heavy (non-hydrogen) atoms. The van der Waals surface area contributed by atoms with E-state index >= 15 is 0 Å². The Hall–Kier alpha value is -2.15. The minimum absolute atomic E-state index is 0.0908. The van der Waals surface area contributed by atoms with Gasteiger partial charge in [0.05, 0.1) is 0 Å². The second-order valence-electron chi connectivity index (χ2n) is 10.9. The van der Waals surface area contributed by atoms with Crippen molar-refractivity contribution < 1.29 is 28.6 Å². The summed E-state index contributed by atoms with van der Waals surface area (Å²) in [6.07, 6.45) is 27.4. The molecule has 7 nitrogen and oxygen atoms in total. The largest absolute Gasteiger partial charge is 0.462 e. The standard InChI is InChI=1S/C34H61NO6/c1-3-5-7-9-11-13-17-21-25-32(36)39-29-31(41-34(38)27-23-19-15-16-20-24-28-35)30-40-33(37)26-22-18-14-12-10-8-6-4-2/h3-6,31H,7-30,35H2,1-2H3/b5-3-,6-4+. The van der Waals surface area contributed by atoms with Crippen molar-refractivity contribution in [3.8, 4) is 0 Å². The van der Waals surface area contributed by atoms with Crippen LogP contribution >= 0.6 is 0 Å². The van der Waals surface area contributed by atoms with Crippen LogP contribution in [0.25, 0.3) is 0 Å². The Morgan fingerprint density at radius 3 is 1.32 bits per heavy atom. The van der Waals surface area contributed by atoms with Crippen LogP contribution in [0.5, 0.6) is 0 Å². The molecule has 0 saturated heterocycles. The van der Waals surface area contributed by atoms with Crippen molar-refractivity contribution in [2.75, 3.05) is 19.8 Å². The van der Waals surface area contributed by atoms with Crippen molar-refractivity contribution in [3.05, 3.63) is 24.3 Å². The summed E-state index contributed by atoms with van der Waals surface area (Å²) in [6, 6.07) is 0. The van der Waals surface area contributed by atoms with Gasteiger partial charge in [0.15, 0.2) is 6.10 Å². The Labute approximate surface area is 251 Å². The fourth-order valence-corrected chi connectivity index (χ4v) is 4.45. The Kier molecular flexibility index (Phi) is 29.2. The molecule has 0 aromatic heterocycles. The summed E-state index contributed by atoms with van der Waals surface area (Å²) < 4.78 is 16.4. The van der Waals surface area contributed by atoms with Crippen molar-refractivity contribution in [3.63, 3.8) is 0 Å². The van der Waals surface area contributed by atoms with Crippen molar-refractivity contribution in [1.82, 2.24) is 0 Å². The van der Waals surface area contributed by atoms with Gasteiger partial charge in [0, 0.05) is 19.3 Å². The smallest absolute Gasteiger partial charge is 0.306 e. The summed E-state index contributed by atoms with van der Waals surface area (Å²) in [5.74, 6) is -0.962. The first-order chi connectivity index (χ1) is 20.0. The summed E-state index contributed by atoms with van der Waals surface area (Å²) in [7, 11) is 0. The van der Waals surface area contributed by atoms with E-state index in [0.717, 1.165) is 109 Å². The van der Waals surface area contributed by atoms with Crippen LogP contribution in [0, 0.1) is 0 Å². The zero-order chi connectivity index (χ0) is 30.2. The second-order valence-corrected chi connectivity index (χ2v) is 10.9. The molecule has 0 fully saturated rings. The van der Waals surface area contributed by atoms with Crippen LogP contribution in [0.1, 0.15) is 149 Å². The number of unbranched alkanes of at least 4 members (excludes halogenated alkanes) is 15. The summed E-state index contributed by atoms with van der Waals surface area (Å²) in [4.78, 5) is 36.9. The van der Waals surface area contributed by atoms with E-state index in [-0.39, 0.29) is 31.1 Å². The maximum Gasteiger partial charge on any atom is 0.306 e. The summed E-state index contributed by atoms with van der Waals surface area (Å²) in [6.45, 7) is 4.60. The molecule has 0 radical (unpaired) electrons. The number of carbonyl (C=O) groups is 3. The van der Waals surface area contributed by atoms with Gasteiger partial charge in [-0.15, -0.1) is 0 Å². The fourth-order valence-electron chi connectivity index (χ4n) is 4.45. The number of esters is 3. The van der Waals surface area contributed by atoms with E-state index in [2.05, 4.69) is 24.3 Å². The lowest BCUT2D eigenvalue weighted by Crippen LogP contribution is -2.30. The number of hydrogen-bond acceptors (Lipinski definition) is 7. The highest BCUT2D eigenvalue weighted by Crippen LogP contribution is 2.12. The third-order valence-electron chi connectivity index (χ3n) is 6.97. The van der Waals surface area contributed by atoms with Gasteiger partial charge in [-0.05, 0) is 71.8 Å². The Balaban J connectivity index is 4.38. The van der Waals surface area contributed by atoms with E-state index in [1.165, 1.54) is 12.8 Å². The van der Waals surface area contributed by atoms with Gasteiger partial charge >= 0.3 is 17.9 Å². The number of carbonyl (C=O) groups excluding carboxylic acids is 3. The van der Waals surface area contributed by atoms with Crippen molar-refractivity contribution in [1.29, 1.82) is 0 Å². The van der Waals surface area contributed by atoms with Crippen molar-refractivity contribution >= 4 is 17.9 Å². The maximum absolute atomic E-state index is 12.4. The highest BCUT2D eigenvalue weighted by Gasteiger charge is 2.19. The molecule has 0 spiro atoms. The lowest BCUT2D eigenvalue weighted by molar-refractivity contribution is -0.167. The summed E-state index contributed by atoms with van der Waals surface area (Å²) in [5.41, 5.74) is 5.52. The molecule has 7 heteroatoms. The molecule has 238 valence electrons.